The fourth-order valence-electron chi connectivity index (χ4n) is 3.19. The summed E-state index contributed by atoms with van der Waals surface area (Å²) in [5.74, 6) is -0.0195. The molecule has 0 radical (unpaired) electrons. The van der Waals surface area contributed by atoms with Gasteiger partial charge in [-0.3, -0.25) is 14.5 Å². The van der Waals surface area contributed by atoms with Crippen molar-refractivity contribution in [3.8, 4) is 0 Å². The molecular formula is C19H25N3O2S2. The van der Waals surface area contributed by atoms with Crippen LogP contribution in [0.15, 0.2) is 34.3 Å². The summed E-state index contributed by atoms with van der Waals surface area (Å²) in [6.45, 7) is 3.38. The summed E-state index contributed by atoms with van der Waals surface area (Å²) in [7, 11) is 0. The van der Waals surface area contributed by atoms with Gasteiger partial charge in [0.05, 0.1) is 6.04 Å². The van der Waals surface area contributed by atoms with Crippen molar-refractivity contribution < 1.29 is 9.59 Å². The van der Waals surface area contributed by atoms with E-state index in [1.807, 2.05) is 10.8 Å². The molecule has 1 saturated heterocycles. The zero-order chi connectivity index (χ0) is 18.2. The third kappa shape index (κ3) is 5.40. The van der Waals surface area contributed by atoms with Gasteiger partial charge in [0.25, 0.3) is 5.91 Å². The summed E-state index contributed by atoms with van der Waals surface area (Å²) in [6.07, 6.45) is 3.55. The predicted molar refractivity (Wildman–Crippen MR) is 107 cm³/mol. The molecule has 1 fully saturated rings. The monoisotopic (exact) mass is 391 g/mol. The van der Waals surface area contributed by atoms with Gasteiger partial charge < -0.3 is 10.6 Å². The number of thiophene rings is 2. The zero-order valence-electron chi connectivity index (χ0n) is 14.8. The highest BCUT2D eigenvalue weighted by atomic mass is 32.1. The van der Waals surface area contributed by atoms with Crippen molar-refractivity contribution in [3.63, 3.8) is 0 Å². The van der Waals surface area contributed by atoms with E-state index in [9.17, 15) is 9.59 Å². The maximum Gasteiger partial charge on any atom is 0.252 e. The molecular weight excluding hydrogens is 366 g/mol. The number of carbonyl (C=O) groups is 2. The Morgan fingerprint density at radius 3 is 2.69 bits per heavy atom. The second-order valence-corrected chi connectivity index (χ2v) is 8.21. The van der Waals surface area contributed by atoms with Gasteiger partial charge >= 0.3 is 0 Å². The molecule has 3 rings (SSSR count). The molecule has 0 bridgehead atoms. The maximum atomic E-state index is 12.2. The molecule has 0 saturated carbocycles. The third-order valence-electron chi connectivity index (χ3n) is 4.60. The van der Waals surface area contributed by atoms with Crippen LogP contribution in [0, 0.1) is 0 Å². The molecule has 7 heteroatoms. The van der Waals surface area contributed by atoms with Crippen molar-refractivity contribution in [1.82, 2.24) is 15.5 Å². The van der Waals surface area contributed by atoms with E-state index in [0.29, 0.717) is 31.5 Å². The molecule has 1 aliphatic heterocycles. The Balaban J connectivity index is 1.37. The standard InChI is InChI=1S/C19H25N3O2S2/c23-18(6-3-8-20-19(24)15-7-12-25-14-15)21-13-16(17-5-4-11-26-17)22-9-1-2-10-22/h4-5,7,11-12,14,16H,1-3,6,8-10,13H2,(H,20,24)(H,21,23). The fourth-order valence-corrected chi connectivity index (χ4v) is 4.69. The highest BCUT2D eigenvalue weighted by molar-refractivity contribution is 7.10. The molecule has 2 amide bonds. The largest absolute Gasteiger partial charge is 0.354 e. The van der Waals surface area contributed by atoms with Crippen molar-refractivity contribution in [2.75, 3.05) is 26.2 Å². The summed E-state index contributed by atoms with van der Waals surface area (Å²) < 4.78 is 0. The number of likely N-dealkylation sites (tertiary alicyclic amines) is 1. The van der Waals surface area contributed by atoms with Crippen molar-refractivity contribution in [2.45, 2.75) is 31.7 Å². The van der Waals surface area contributed by atoms with Crippen LogP contribution in [0.2, 0.25) is 0 Å². The molecule has 0 aliphatic carbocycles. The van der Waals surface area contributed by atoms with Gasteiger partial charge in [-0.2, -0.15) is 11.3 Å². The van der Waals surface area contributed by atoms with Gasteiger partial charge in [-0.15, -0.1) is 11.3 Å². The number of hydrogen-bond acceptors (Lipinski definition) is 5. The van der Waals surface area contributed by atoms with Crippen LogP contribution in [-0.4, -0.2) is 42.9 Å². The zero-order valence-corrected chi connectivity index (χ0v) is 16.4. The SMILES string of the molecule is O=C(CCCNC(=O)c1ccsc1)NCC(c1cccs1)N1CCCC1. The lowest BCUT2D eigenvalue weighted by molar-refractivity contribution is -0.121. The lowest BCUT2D eigenvalue weighted by atomic mass is 10.2. The van der Waals surface area contributed by atoms with Crippen LogP contribution < -0.4 is 10.6 Å². The molecule has 1 atom stereocenters. The van der Waals surface area contributed by atoms with Crippen molar-refractivity contribution in [3.05, 3.63) is 44.8 Å². The second-order valence-electron chi connectivity index (χ2n) is 6.45. The van der Waals surface area contributed by atoms with Crippen LogP contribution in [0.4, 0.5) is 0 Å². The molecule has 0 spiro atoms. The van der Waals surface area contributed by atoms with Crippen molar-refractivity contribution >= 4 is 34.5 Å². The molecule has 1 unspecified atom stereocenters. The average molecular weight is 392 g/mol. The Morgan fingerprint density at radius 1 is 1.15 bits per heavy atom. The predicted octanol–water partition coefficient (Wildman–Crippen LogP) is 3.27. The molecule has 2 N–H and O–H groups in total. The van der Waals surface area contributed by atoms with E-state index in [0.717, 1.165) is 13.1 Å². The van der Waals surface area contributed by atoms with Gasteiger partial charge in [0.2, 0.25) is 5.91 Å². The first-order valence-corrected chi connectivity index (χ1v) is 10.9. The van der Waals surface area contributed by atoms with Crippen molar-refractivity contribution in [2.24, 2.45) is 0 Å². The van der Waals surface area contributed by atoms with Crippen LogP contribution in [0.3, 0.4) is 0 Å². The highest BCUT2D eigenvalue weighted by Crippen LogP contribution is 2.27. The number of hydrogen-bond donors (Lipinski definition) is 2. The molecule has 5 nitrogen and oxygen atoms in total. The van der Waals surface area contributed by atoms with E-state index < -0.39 is 0 Å². The summed E-state index contributed by atoms with van der Waals surface area (Å²) in [4.78, 5) is 27.8. The van der Waals surface area contributed by atoms with Gasteiger partial charge in [0.15, 0.2) is 0 Å². The van der Waals surface area contributed by atoms with Gasteiger partial charge in [-0.1, -0.05) is 6.07 Å². The molecule has 26 heavy (non-hydrogen) atoms. The number of carbonyl (C=O) groups excluding carboxylic acids is 2. The van der Waals surface area contributed by atoms with Gasteiger partial charge in [0, 0.05) is 35.3 Å². The molecule has 2 aromatic rings. The van der Waals surface area contributed by atoms with Crippen LogP contribution >= 0.6 is 22.7 Å². The molecule has 3 heterocycles. The van der Waals surface area contributed by atoms with Gasteiger partial charge in [0.1, 0.15) is 0 Å². The number of nitrogens with one attached hydrogen (secondary N) is 2. The minimum atomic E-state index is -0.0709. The van der Waals surface area contributed by atoms with Crippen LogP contribution in [0.5, 0.6) is 0 Å². The van der Waals surface area contributed by atoms with Crippen LogP contribution in [-0.2, 0) is 4.79 Å². The normalized spacial score (nSPS) is 15.7. The quantitative estimate of drug-likeness (QED) is 0.645. The maximum absolute atomic E-state index is 12.2. The lowest BCUT2D eigenvalue weighted by Crippen LogP contribution is -2.36. The summed E-state index contributed by atoms with van der Waals surface area (Å²) in [5, 5.41) is 11.7. The van der Waals surface area contributed by atoms with Crippen molar-refractivity contribution in [1.29, 1.82) is 0 Å². The summed E-state index contributed by atoms with van der Waals surface area (Å²) in [5.41, 5.74) is 0.684. The van der Waals surface area contributed by atoms with E-state index in [1.54, 1.807) is 17.4 Å². The van der Waals surface area contributed by atoms with E-state index in [1.165, 1.54) is 29.1 Å². The number of amides is 2. The summed E-state index contributed by atoms with van der Waals surface area (Å²) in [6, 6.07) is 6.30. The van der Waals surface area contributed by atoms with E-state index in [2.05, 4.69) is 33.0 Å². The van der Waals surface area contributed by atoms with Crippen LogP contribution in [0.1, 0.15) is 47.0 Å². The third-order valence-corrected chi connectivity index (χ3v) is 6.25. The minimum Gasteiger partial charge on any atom is -0.354 e. The first kappa shape index (κ1) is 19.1. The highest BCUT2D eigenvalue weighted by Gasteiger charge is 2.24. The molecule has 0 aromatic carbocycles. The lowest BCUT2D eigenvalue weighted by Gasteiger charge is -2.26. The molecule has 2 aromatic heterocycles. The Hall–Kier alpha value is -1.70. The average Bonchev–Trinajstić information content (AvgIpc) is 3.42. The minimum absolute atomic E-state index is 0.0514. The summed E-state index contributed by atoms with van der Waals surface area (Å²) >= 11 is 3.26. The van der Waals surface area contributed by atoms with E-state index >= 15 is 0 Å². The van der Waals surface area contributed by atoms with Gasteiger partial charge in [-0.05, 0) is 55.2 Å². The second kappa shape index (κ2) is 9.85. The smallest absolute Gasteiger partial charge is 0.252 e. The Labute approximate surface area is 162 Å². The van der Waals surface area contributed by atoms with E-state index in [4.69, 9.17) is 0 Å². The topological polar surface area (TPSA) is 61.4 Å². The first-order chi connectivity index (χ1) is 12.7. The Kier molecular flexibility index (Phi) is 7.22. The van der Waals surface area contributed by atoms with Gasteiger partial charge in [-0.25, -0.2) is 0 Å². The Bertz CT molecular complexity index is 680. The number of rotatable bonds is 9. The first-order valence-electron chi connectivity index (χ1n) is 9.08. The van der Waals surface area contributed by atoms with E-state index in [-0.39, 0.29) is 17.9 Å². The molecule has 140 valence electrons. The fraction of sp³-hybridized carbons (Fsp3) is 0.474. The van der Waals surface area contributed by atoms with Crippen LogP contribution in [0.25, 0.3) is 0 Å². The number of nitrogens with zero attached hydrogens (tertiary/aromatic N) is 1. The Morgan fingerprint density at radius 2 is 2.00 bits per heavy atom. The molecule has 1 aliphatic rings.